The molecule has 6 aromatic carbocycles. The molecule has 2 heterocycles. The number of hydrogen-bond donors (Lipinski definition) is 2. The Morgan fingerprint density at radius 2 is 0.757 bits per heavy atom. The van der Waals surface area contributed by atoms with Crippen molar-refractivity contribution in [1.82, 2.24) is 9.97 Å². The van der Waals surface area contributed by atoms with Crippen molar-refractivity contribution < 1.29 is 24.7 Å². The smallest absolute Gasteiger partial charge is 0.0134 e. The molecule has 70 heavy (non-hydrogen) atoms. The molecule has 0 atom stereocenters. The van der Waals surface area contributed by atoms with E-state index in [0.717, 1.165) is 12.4 Å². The summed E-state index contributed by atoms with van der Waals surface area (Å²) in [4.78, 5) is 7.27. The van der Waals surface area contributed by atoms with Crippen LogP contribution in [-0.2, 0) is 15.9 Å². The molecule has 0 fully saturated rings. The Balaban J connectivity index is 0.000000239. The van der Waals surface area contributed by atoms with Crippen molar-refractivity contribution in [2.75, 3.05) is 11.5 Å². The van der Waals surface area contributed by atoms with Gasteiger partial charge in [-0.25, -0.2) is 18.7 Å². The predicted molar refractivity (Wildman–Crippen MR) is 314 cm³/mol. The fourth-order valence-electron chi connectivity index (χ4n) is 5.59. The molecule has 0 bridgehead atoms. The molecule has 364 valence electrons. The van der Waals surface area contributed by atoms with Crippen molar-refractivity contribution in [3.63, 3.8) is 0 Å². The van der Waals surface area contributed by atoms with Crippen molar-refractivity contribution in [3.8, 4) is 23.4 Å². The zero-order valence-electron chi connectivity index (χ0n) is 39.9. The first-order valence-corrected chi connectivity index (χ1v) is 36.4. The summed E-state index contributed by atoms with van der Waals surface area (Å²) in [7, 11) is 6.19. The van der Waals surface area contributed by atoms with Crippen LogP contribution < -0.4 is 43.3 Å². The summed E-state index contributed by atoms with van der Waals surface area (Å²) >= 11 is 1.82. The number of aromatic nitrogens is 2. The van der Waals surface area contributed by atoms with Crippen LogP contribution in [0.5, 0.6) is 0 Å². The Hall–Kier alpha value is -4.53. The minimum Gasteiger partial charge on any atom is -0.0622 e. The zero-order valence-corrected chi connectivity index (χ0v) is 48.9. The van der Waals surface area contributed by atoms with E-state index in [-0.39, 0.29) is 27.6 Å². The first-order valence-electron chi connectivity index (χ1n) is 21.7. The van der Waals surface area contributed by atoms with E-state index in [1.807, 2.05) is 22.6 Å². The Bertz CT molecular complexity index is 2520. The van der Waals surface area contributed by atoms with E-state index in [9.17, 15) is 8.78 Å². The van der Waals surface area contributed by atoms with E-state index in [1.54, 1.807) is 0 Å². The van der Waals surface area contributed by atoms with Gasteiger partial charge in [0.15, 0.2) is 0 Å². The Kier molecular flexibility index (Phi) is 27.7. The second-order valence-corrected chi connectivity index (χ2v) is 34.2. The Morgan fingerprint density at radius 3 is 0.986 bits per heavy atom. The van der Waals surface area contributed by atoms with Gasteiger partial charge in [-0.3, -0.25) is 0 Å². The molecule has 8 aromatic rings. The number of terminal acetylenes is 1. The third-order valence-electron chi connectivity index (χ3n) is 8.81. The molecule has 0 unspecified atom stereocenters. The van der Waals surface area contributed by atoms with E-state index in [0.29, 0.717) is 15.0 Å². The molecule has 0 radical (unpaired) electrons. The van der Waals surface area contributed by atoms with Gasteiger partial charge in [-0.1, -0.05) is 227 Å². The monoisotopic (exact) mass is 1240 g/mol. The van der Waals surface area contributed by atoms with Gasteiger partial charge in [0, 0.05) is 0 Å². The average molecular weight is 1250 g/mol. The second kappa shape index (κ2) is 32.4. The molecular weight excluding hydrogens is 1190 g/mol. The first kappa shape index (κ1) is 59.8. The molecule has 0 aliphatic rings. The molecular formula is C56H57Cl2F2IN4P2PdSi2. The normalized spacial score (nSPS) is 10.3. The molecule has 2 aromatic heterocycles. The van der Waals surface area contributed by atoms with Gasteiger partial charge in [-0.2, -0.15) is 0 Å². The molecule has 0 aliphatic carbocycles. The molecule has 0 aliphatic heterocycles. The van der Waals surface area contributed by atoms with Gasteiger partial charge in [0.2, 0.25) is 0 Å². The van der Waals surface area contributed by atoms with Gasteiger partial charge >= 0.3 is 35.0 Å². The summed E-state index contributed by atoms with van der Waals surface area (Å²) in [5.41, 5.74) is 17.2. The van der Waals surface area contributed by atoms with E-state index in [4.69, 9.17) is 36.9 Å². The molecule has 4 N–H and O–H groups in total. The molecule has 14 heteroatoms. The van der Waals surface area contributed by atoms with E-state index >= 15 is 0 Å². The summed E-state index contributed by atoms with van der Waals surface area (Å²) < 4.78 is 25.7. The van der Waals surface area contributed by atoms with E-state index in [1.165, 1.54) is 44.0 Å². The summed E-state index contributed by atoms with van der Waals surface area (Å²) in [6, 6.07) is 67.3. The number of halogens is 5. The van der Waals surface area contributed by atoms with Crippen LogP contribution in [0.2, 0.25) is 39.3 Å². The Morgan fingerprint density at radius 1 is 0.500 bits per heavy atom. The van der Waals surface area contributed by atoms with Gasteiger partial charge in [0.1, 0.15) is 39.4 Å². The average Bonchev–Trinajstić information content (AvgIpc) is 3.36. The van der Waals surface area contributed by atoms with Crippen molar-refractivity contribution in [2.45, 2.75) is 39.3 Å². The minimum atomic E-state index is -1.45. The molecule has 0 saturated carbocycles. The van der Waals surface area contributed by atoms with Crippen LogP contribution in [0.3, 0.4) is 0 Å². The fraction of sp³-hybridized carbons (Fsp3) is 0.107. The molecule has 0 spiro atoms. The van der Waals surface area contributed by atoms with Crippen molar-refractivity contribution >= 4 is 117 Å². The molecule has 8 rings (SSSR count). The second-order valence-electron chi connectivity index (χ2n) is 16.7. The van der Waals surface area contributed by atoms with Crippen molar-refractivity contribution in [2.24, 2.45) is 0 Å². The van der Waals surface area contributed by atoms with Crippen LogP contribution >= 0.6 is 57.5 Å². The summed E-state index contributed by atoms with van der Waals surface area (Å²) in [6.07, 6.45) is 7.30. The van der Waals surface area contributed by atoms with E-state index < -0.39 is 37.8 Å². The molecule has 0 saturated heterocycles. The predicted octanol–water partition coefficient (Wildman–Crippen LogP) is 13.2. The van der Waals surface area contributed by atoms with Crippen LogP contribution in [0.4, 0.5) is 20.4 Å². The largest absolute Gasteiger partial charge is 0.0622 e. The molecule has 0 amide bonds. The maximum atomic E-state index is 12.8. The van der Waals surface area contributed by atoms with Crippen LogP contribution in [0.15, 0.2) is 207 Å². The van der Waals surface area contributed by atoms with Crippen LogP contribution in [0.1, 0.15) is 5.56 Å². The van der Waals surface area contributed by atoms with Gasteiger partial charge in [-0.05, 0) is 82.4 Å². The number of nitrogen functional groups attached to an aromatic ring is 2. The first-order chi connectivity index (χ1) is 33.5. The quantitative estimate of drug-likeness (QED) is 0.0753. The van der Waals surface area contributed by atoms with Gasteiger partial charge in [0.25, 0.3) is 0 Å². The van der Waals surface area contributed by atoms with E-state index in [2.05, 4.69) is 248 Å². The van der Waals surface area contributed by atoms with Crippen molar-refractivity contribution in [3.05, 3.63) is 227 Å². The summed E-state index contributed by atoms with van der Waals surface area (Å²) in [6.45, 7) is 12.8. The number of anilines is 2. The third kappa shape index (κ3) is 23.6. The topological polar surface area (TPSA) is 77.8 Å². The van der Waals surface area contributed by atoms with Crippen LogP contribution in [0, 0.1) is 38.6 Å². The number of nitrogens with two attached hydrogens (primary N) is 2. The maximum absolute atomic E-state index is 12.8. The SMILES string of the molecule is C#C[Si](C)(C)C.C[Si](C)(C)C#Cc1cc(F)cnc1N.Nc1ncc(F)cc1I.[Cl][Pd][Cl].c1ccc(P(c2ccccc2)c2ccccc2)cc1.c1ccc(P(c2ccccc2)c2ccccc2)cc1. The molecule has 4 nitrogen and oxygen atoms in total. The number of rotatable bonds is 6. The number of hydrogen-bond acceptors (Lipinski definition) is 4. The summed E-state index contributed by atoms with van der Waals surface area (Å²) in [5.74, 6) is 2.78. The van der Waals surface area contributed by atoms with Gasteiger partial charge in [0.05, 0.1) is 21.5 Å². The number of benzene rings is 6. The van der Waals surface area contributed by atoms with Crippen LogP contribution in [-0.4, -0.2) is 26.1 Å². The number of nitrogens with zero attached hydrogens (tertiary/aromatic N) is 2. The third-order valence-corrected chi connectivity index (χ3v) is 16.3. The Labute approximate surface area is 449 Å². The zero-order chi connectivity index (χ0) is 51.4. The van der Waals surface area contributed by atoms with Crippen molar-refractivity contribution in [1.29, 1.82) is 0 Å². The van der Waals surface area contributed by atoms with Gasteiger partial charge in [-0.15, -0.1) is 17.5 Å². The number of pyridine rings is 2. The standard InChI is InChI=1S/2C18H15P.C10H13FN2Si.C5H4FIN2.C5H10Si.2ClH.Pd/c2*1-4-10-16(11-5-1)19(17-12-6-2-7-13-17)18-14-8-3-9-15-18;1-14(2,3)5-4-8-6-9(11)7-13-10(8)12;6-3-1-4(7)5(8)9-2-3;1-5-6(2,3)4;;;/h2*1-15H;6-7H,1-3H3,(H2,12,13);1-2H,(H2,8,9);1H,2-4H3;2*1H;/q;;;;;;;+2/p-2. The van der Waals surface area contributed by atoms with Crippen LogP contribution in [0.25, 0.3) is 0 Å². The summed E-state index contributed by atoms with van der Waals surface area (Å²) in [5, 5.41) is 8.39. The van der Waals surface area contributed by atoms with Gasteiger partial charge < -0.3 is 11.5 Å². The maximum Gasteiger partial charge on any atom is -0.0134 e. The fourth-order valence-corrected chi connectivity index (χ4v) is 11.1. The minimum absolute atomic E-state index is 0.106.